The molecule has 0 saturated carbocycles. The number of nitrogens with zero attached hydrogens (tertiary/aromatic N) is 2. The molecule has 0 spiro atoms. The van der Waals surface area contributed by atoms with Crippen LogP contribution in [-0.4, -0.2) is 46.3 Å². The molecule has 2 saturated heterocycles. The highest BCUT2D eigenvalue weighted by molar-refractivity contribution is 5.76. The van der Waals surface area contributed by atoms with E-state index < -0.39 is 0 Å². The highest BCUT2D eigenvalue weighted by atomic mass is 19.1. The van der Waals surface area contributed by atoms with Gasteiger partial charge in [0.2, 0.25) is 0 Å². The van der Waals surface area contributed by atoms with Crippen molar-refractivity contribution in [1.29, 1.82) is 0 Å². The van der Waals surface area contributed by atoms with Crippen molar-refractivity contribution in [2.75, 3.05) is 26.3 Å². The van der Waals surface area contributed by atoms with Crippen molar-refractivity contribution in [3.63, 3.8) is 0 Å². The number of hydrogen-bond acceptors (Lipinski definition) is 3. The zero-order chi connectivity index (χ0) is 17.6. The standard InChI is InChI=1S/C19H26FN3O2/c1-13-11-17-16(12-15(13)20)21-18(24)23(17)14-3-7-22(8-4-14)19(2)5-9-25-10-6-19/h11-12,14H,3-10H2,1-2H3,(H,21,24). The molecule has 2 aliphatic heterocycles. The summed E-state index contributed by atoms with van der Waals surface area (Å²) >= 11 is 0. The average Bonchev–Trinajstić information content (AvgIpc) is 2.91. The van der Waals surface area contributed by atoms with E-state index in [0.717, 1.165) is 57.5 Å². The number of fused-ring (bicyclic) bond motifs is 1. The Bertz CT molecular complexity index is 827. The van der Waals surface area contributed by atoms with Gasteiger partial charge in [-0.15, -0.1) is 0 Å². The summed E-state index contributed by atoms with van der Waals surface area (Å²) in [7, 11) is 0. The number of nitrogens with one attached hydrogen (secondary N) is 1. The first-order chi connectivity index (χ1) is 12.0. The van der Waals surface area contributed by atoms with Crippen LogP contribution in [0.5, 0.6) is 0 Å². The Hall–Kier alpha value is -1.66. The second-order valence-electron chi connectivity index (χ2n) is 7.75. The van der Waals surface area contributed by atoms with Gasteiger partial charge < -0.3 is 9.72 Å². The lowest BCUT2D eigenvalue weighted by Gasteiger charge is -2.47. The molecular formula is C19H26FN3O2. The monoisotopic (exact) mass is 347 g/mol. The molecule has 2 aromatic rings. The summed E-state index contributed by atoms with van der Waals surface area (Å²) < 4.78 is 21.1. The number of imidazole rings is 1. The summed E-state index contributed by atoms with van der Waals surface area (Å²) in [6.07, 6.45) is 4.03. The molecule has 25 heavy (non-hydrogen) atoms. The molecule has 6 heteroatoms. The summed E-state index contributed by atoms with van der Waals surface area (Å²) in [5.74, 6) is -0.275. The number of aromatic amines is 1. The lowest BCUT2D eigenvalue weighted by Crippen LogP contribution is -2.53. The molecule has 2 fully saturated rings. The van der Waals surface area contributed by atoms with Gasteiger partial charge in [-0.05, 0) is 57.2 Å². The third-order valence-corrected chi connectivity index (χ3v) is 6.16. The van der Waals surface area contributed by atoms with Crippen LogP contribution in [0, 0.1) is 12.7 Å². The summed E-state index contributed by atoms with van der Waals surface area (Å²) in [5, 5.41) is 0. The number of piperidine rings is 1. The van der Waals surface area contributed by atoms with Crippen LogP contribution in [0.15, 0.2) is 16.9 Å². The predicted octanol–water partition coefficient (Wildman–Crippen LogP) is 2.98. The third-order valence-electron chi connectivity index (χ3n) is 6.16. The van der Waals surface area contributed by atoms with E-state index in [9.17, 15) is 9.18 Å². The first-order valence-corrected chi connectivity index (χ1v) is 9.21. The number of aryl methyl sites for hydroxylation is 1. The van der Waals surface area contributed by atoms with Gasteiger partial charge in [0.1, 0.15) is 5.82 Å². The Balaban J connectivity index is 1.57. The summed E-state index contributed by atoms with van der Waals surface area (Å²) in [6, 6.07) is 3.39. The van der Waals surface area contributed by atoms with E-state index in [4.69, 9.17) is 4.74 Å². The quantitative estimate of drug-likeness (QED) is 0.909. The molecule has 0 bridgehead atoms. The Labute approximate surface area is 146 Å². The molecule has 3 heterocycles. The molecule has 1 aromatic heterocycles. The number of benzene rings is 1. The van der Waals surface area contributed by atoms with Crippen LogP contribution in [0.25, 0.3) is 11.0 Å². The maximum Gasteiger partial charge on any atom is 0.326 e. The average molecular weight is 347 g/mol. The van der Waals surface area contributed by atoms with Gasteiger partial charge in [0.25, 0.3) is 0 Å². The molecule has 0 unspecified atom stereocenters. The van der Waals surface area contributed by atoms with Gasteiger partial charge in [0, 0.05) is 37.9 Å². The van der Waals surface area contributed by atoms with Crippen LogP contribution < -0.4 is 5.69 Å². The van der Waals surface area contributed by atoms with Gasteiger partial charge in [0.15, 0.2) is 0 Å². The van der Waals surface area contributed by atoms with Crippen molar-refractivity contribution in [2.24, 2.45) is 0 Å². The Morgan fingerprint density at radius 2 is 1.92 bits per heavy atom. The van der Waals surface area contributed by atoms with Crippen LogP contribution in [0.4, 0.5) is 4.39 Å². The van der Waals surface area contributed by atoms with Crippen molar-refractivity contribution >= 4 is 11.0 Å². The van der Waals surface area contributed by atoms with Crippen LogP contribution in [-0.2, 0) is 4.74 Å². The topological polar surface area (TPSA) is 50.3 Å². The largest absolute Gasteiger partial charge is 0.381 e. The zero-order valence-electron chi connectivity index (χ0n) is 15.0. The Kier molecular flexibility index (Phi) is 4.20. The van der Waals surface area contributed by atoms with Gasteiger partial charge in [0.05, 0.1) is 11.0 Å². The second kappa shape index (κ2) is 6.25. The fourth-order valence-corrected chi connectivity index (χ4v) is 4.40. The van der Waals surface area contributed by atoms with Crippen LogP contribution >= 0.6 is 0 Å². The van der Waals surface area contributed by atoms with Crippen LogP contribution in [0.2, 0.25) is 0 Å². The molecule has 0 amide bonds. The maximum absolute atomic E-state index is 13.8. The van der Waals surface area contributed by atoms with E-state index in [2.05, 4.69) is 16.8 Å². The Morgan fingerprint density at radius 1 is 1.24 bits per heavy atom. The summed E-state index contributed by atoms with van der Waals surface area (Å²) in [6.45, 7) is 7.72. The lowest BCUT2D eigenvalue weighted by atomic mass is 9.87. The summed E-state index contributed by atoms with van der Waals surface area (Å²) in [4.78, 5) is 17.8. The SMILES string of the molecule is Cc1cc2c(cc1F)[nH]c(=O)n2C1CCN(C2(C)CCOCC2)CC1. The van der Waals surface area contributed by atoms with Crippen molar-refractivity contribution in [1.82, 2.24) is 14.5 Å². The number of rotatable bonds is 2. The number of hydrogen-bond donors (Lipinski definition) is 1. The van der Waals surface area contributed by atoms with E-state index in [1.807, 2.05) is 4.57 Å². The predicted molar refractivity (Wildman–Crippen MR) is 95.6 cm³/mol. The first-order valence-electron chi connectivity index (χ1n) is 9.21. The number of H-pyrrole nitrogens is 1. The molecule has 4 rings (SSSR count). The van der Waals surface area contributed by atoms with Crippen molar-refractivity contribution in [2.45, 2.75) is 51.1 Å². The number of halogens is 1. The highest BCUT2D eigenvalue weighted by Gasteiger charge is 2.36. The van der Waals surface area contributed by atoms with Crippen molar-refractivity contribution in [3.05, 3.63) is 34.0 Å². The molecular weight excluding hydrogens is 321 g/mol. The molecule has 1 N–H and O–H groups in total. The van der Waals surface area contributed by atoms with Crippen LogP contribution in [0.1, 0.15) is 44.2 Å². The lowest BCUT2D eigenvalue weighted by molar-refractivity contribution is -0.0312. The van der Waals surface area contributed by atoms with Gasteiger partial charge in [-0.1, -0.05) is 0 Å². The number of likely N-dealkylation sites (tertiary alicyclic amines) is 1. The Morgan fingerprint density at radius 3 is 2.60 bits per heavy atom. The van der Waals surface area contributed by atoms with E-state index >= 15 is 0 Å². The van der Waals surface area contributed by atoms with Crippen molar-refractivity contribution < 1.29 is 9.13 Å². The molecule has 1 aromatic carbocycles. The maximum atomic E-state index is 13.8. The third kappa shape index (κ3) is 2.91. The molecule has 2 aliphatic rings. The molecule has 5 nitrogen and oxygen atoms in total. The van der Waals surface area contributed by atoms with Gasteiger partial charge >= 0.3 is 5.69 Å². The smallest absolute Gasteiger partial charge is 0.326 e. The van der Waals surface area contributed by atoms with Crippen molar-refractivity contribution in [3.8, 4) is 0 Å². The van der Waals surface area contributed by atoms with E-state index in [1.165, 1.54) is 6.07 Å². The van der Waals surface area contributed by atoms with Gasteiger partial charge in [-0.25, -0.2) is 9.18 Å². The minimum absolute atomic E-state index is 0.129. The van der Waals surface area contributed by atoms with E-state index in [-0.39, 0.29) is 23.1 Å². The minimum Gasteiger partial charge on any atom is -0.381 e. The number of aromatic nitrogens is 2. The highest BCUT2D eigenvalue weighted by Crippen LogP contribution is 2.33. The summed E-state index contributed by atoms with van der Waals surface area (Å²) in [5.41, 5.74) is 2.07. The number of ether oxygens (including phenoxy) is 1. The van der Waals surface area contributed by atoms with E-state index in [1.54, 1.807) is 13.0 Å². The van der Waals surface area contributed by atoms with E-state index in [0.29, 0.717) is 11.1 Å². The van der Waals surface area contributed by atoms with Crippen LogP contribution in [0.3, 0.4) is 0 Å². The van der Waals surface area contributed by atoms with Gasteiger partial charge in [-0.3, -0.25) is 9.47 Å². The molecule has 136 valence electrons. The fraction of sp³-hybridized carbons (Fsp3) is 0.632. The normalized spacial score (nSPS) is 22.5. The molecule has 0 atom stereocenters. The fourth-order valence-electron chi connectivity index (χ4n) is 4.40. The first kappa shape index (κ1) is 16.8. The second-order valence-corrected chi connectivity index (χ2v) is 7.75. The molecule has 0 radical (unpaired) electrons. The van der Waals surface area contributed by atoms with Gasteiger partial charge in [-0.2, -0.15) is 0 Å². The minimum atomic E-state index is -0.275. The molecule has 0 aliphatic carbocycles. The zero-order valence-corrected chi connectivity index (χ0v) is 15.0.